The van der Waals surface area contributed by atoms with Crippen molar-refractivity contribution in [3.05, 3.63) is 11.1 Å². The van der Waals surface area contributed by atoms with Crippen molar-refractivity contribution in [1.82, 2.24) is 0 Å². The minimum atomic E-state index is -1.53. The molecule has 8 nitrogen and oxygen atoms in total. The van der Waals surface area contributed by atoms with E-state index in [0.29, 0.717) is 12.8 Å². The van der Waals surface area contributed by atoms with E-state index in [0.717, 1.165) is 0 Å². The lowest BCUT2D eigenvalue weighted by Crippen LogP contribution is -2.64. The number of hydrogen-bond acceptors (Lipinski definition) is 7. The lowest BCUT2D eigenvalue weighted by Gasteiger charge is -2.60. The molecule has 0 spiro atoms. The van der Waals surface area contributed by atoms with E-state index >= 15 is 0 Å². The molecule has 0 heterocycles. The van der Waals surface area contributed by atoms with E-state index in [-0.39, 0.29) is 60.1 Å². The van der Waals surface area contributed by atoms with Gasteiger partial charge in [-0.25, -0.2) is 0 Å². The minimum Gasteiger partial charge on any atom is -0.481 e. The SMILES string of the molecule is C[C@H](CC(=O)C[C@H](C)[C@H]1CC(=O)[C@@]2(C)C3=C(C(=O)[C@@H](O)[C@]12C)[C@@]1(C)CC[C@H](O)C(C)(C)[C@@H]1CC3=O)C(=O)O. The topological polar surface area (TPSA) is 146 Å². The van der Waals surface area contributed by atoms with Crippen molar-refractivity contribution in [3.63, 3.8) is 0 Å². The lowest BCUT2D eigenvalue weighted by molar-refractivity contribution is -0.159. The first-order valence-electron chi connectivity index (χ1n) is 13.8. The molecule has 38 heavy (non-hydrogen) atoms. The molecule has 0 amide bonds. The molecular weight excluding hydrogens is 488 g/mol. The van der Waals surface area contributed by atoms with Gasteiger partial charge in [0.15, 0.2) is 11.6 Å². The van der Waals surface area contributed by atoms with Crippen molar-refractivity contribution in [1.29, 1.82) is 0 Å². The summed E-state index contributed by atoms with van der Waals surface area (Å²) in [5, 5.41) is 31.6. The summed E-state index contributed by atoms with van der Waals surface area (Å²) in [6.07, 6.45) is -1.20. The van der Waals surface area contributed by atoms with Gasteiger partial charge in [-0.15, -0.1) is 0 Å². The number of carboxylic acid groups (broad SMARTS) is 1. The van der Waals surface area contributed by atoms with Gasteiger partial charge in [-0.05, 0) is 42.9 Å². The van der Waals surface area contributed by atoms with Gasteiger partial charge in [-0.2, -0.15) is 0 Å². The van der Waals surface area contributed by atoms with Crippen LogP contribution in [0.2, 0.25) is 0 Å². The van der Waals surface area contributed by atoms with E-state index in [1.165, 1.54) is 6.92 Å². The fourth-order valence-corrected chi connectivity index (χ4v) is 8.86. The maximum Gasteiger partial charge on any atom is 0.306 e. The number of carbonyl (C=O) groups excluding carboxylic acids is 4. The second-order valence-corrected chi connectivity index (χ2v) is 13.8. The average molecular weight is 531 g/mol. The summed E-state index contributed by atoms with van der Waals surface area (Å²) in [6.45, 7) is 12.4. The van der Waals surface area contributed by atoms with E-state index in [2.05, 4.69) is 0 Å². The molecule has 2 fully saturated rings. The molecule has 0 radical (unpaired) electrons. The predicted octanol–water partition coefficient (Wildman–Crippen LogP) is 3.31. The smallest absolute Gasteiger partial charge is 0.306 e. The molecule has 0 unspecified atom stereocenters. The number of ketones is 4. The van der Waals surface area contributed by atoms with Crippen molar-refractivity contribution in [2.24, 2.45) is 45.3 Å². The fourth-order valence-electron chi connectivity index (χ4n) is 8.86. The van der Waals surface area contributed by atoms with Crippen molar-refractivity contribution in [2.45, 2.75) is 99.2 Å². The maximum atomic E-state index is 14.1. The number of aliphatic carboxylic acids is 1. The molecule has 0 aromatic rings. The molecule has 0 aromatic heterocycles. The number of fused-ring (bicyclic) bond motifs is 4. The van der Waals surface area contributed by atoms with Gasteiger partial charge in [-0.1, -0.05) is 41.5 Å². The third-order valence-electron chi connectivity index (χ3n) is 11.5. The van der Waals surface area contributed by atoms with Crippen molar-refractivity contribution < 1.29 is 39.3 Å². The number of aliphatic hydroxyl groups excluding tert-OH is 2. The molecule has 9 atom stereocenters. The molecule has 3 N–H and O–H groups in total. The van der Waals surface area contributed by atoms with Crippen LogP contribution in [0.4, 0.5) is 0 Å². The highest BCUT2D eigenvalue weighted by Crippen LogP contribution is 2.70. The fraction of sp³-hybridized carbons (Fsp3) is 0.767. The van der Waals surface area contributed by atoms with Crippen LogP contribution in [-0.2, 0) is 24.0 Å². The highest BCUT2D eigenvalue weighted by atomic mass is 16.4. The Bertz CT molecular complexity index is 1150. The Morgan fingerprint density at radius 3 is 2.13 bits per heavy atom. The van der Waals surface area contributed by atoms with Crippen LogP contribution in [0.15, 0.2) is 11.1 Å². The van der Waals surface area contributed by atoms with Gasteiger partial charge in [0.05, 0.1) is 17.4 Å². The number of Topliss-reactive ketones (excluding diaryl/α,β-unsaturated/α-hetero) is 4. The number of allylic oxidation sites excluding steroid dienone is 1. The molecule has 0 saturated heterocycles. The molecule has 4 aliphatic rings. The number of carbonyl (C=O) groups is 5. The lowest BCUT2D eigenvalue weighted by atomic mass is 9.42. The van der Waals surface area contributed by atoms with Crippen molar-refractivity contribution in [3.8, 4) is 0 Å². The van der Waals surface area contributed by atoms with Crippen LogP contribution >= 0.6 is 0 Å². The van der Waals surface area contributed by atoms with Crippen LogP contribution in [0.3, 0.4) is 0 Å². The van der Waals surface area contributed by atoms with Gasteiger partial charge in [0, 0.05) is 47.7 Å². The number of rotatable bonds is 6. The molecule has 0 aromatic carbocycles. The highest BCUT2D eigenvalue weighted by molar-refractivity contribution is 6.17. The third kappa shape index (κ3) is 3.58. The summed E-state index contributed by atoms with van der Waals surface area (Å²) in [6, 6.07) is 0. The standard InChI is InChI=1S/C30H42O8/c1-14(10-16(31)11-15(2)26(37)38)17-12-21(34)30(7)22-18(32)13-19-27(3,4)20(33)8-9-28(19,5)23(22)24(35)25(36)29(17,30)6/h14-15,17,19-20,25,33,36H,8-13H2,1-7H3,(H,37,38)/t14-,15+,17+,19-,20-,25+,28-,29-,30-/m0/s1. The molecule has 4 rings (SSSR count). The van der Waals surface area contributed by atoms with Crippen molar-refractivity contribution in [2.75, 3.05) is 0 Å². The van der Waals surface area contributed by atoms with E-state index in [9.17, 15) is 39.3 Å². The average Bonchev–Trinajstić information content (AvgIpc) is 3.03. The Morgan fingerprint density at radius 2 is 1.55 bits per heavy atom. The normalized spacial score (nSPS) is 41.8. The Kier molecular flexibility index (Phi) is 6.76. The van der Waals surface area contributed by atoms with E-state index in [1.807, 2.05) is 20.8 Å². The first-order chi connectivity index (χ1) is 17.4. The van der Waals surface area contributed by atoms with E-state index in [4.69, 9.17) is 0 Å². The Hall–Kier alpha value is -2.19. The van der Waals surface area contributed by atoms with E-state index in [1.54, 1.807) is 20.8 Å². The molecule has 210 valence electrons. The van der Waals surface area contributed by atoms with Gasteiger partial charge in [0.25, 0.3) is 0 Å². The first kappa shape index (κ1) is 28.8. The second kappa shape index (κ2) is 8.91. The third-order valence-corrected chi connectivity index (χ3v) is 11.5. The first-order valence-corrected chi connectivity index (χ1v) is 13.8. The summed E-state index contributed by atoms with van der Waals surface area (Å²) in [5.41, 5.74) is -3.58. The maximum absolute atomic E-state index is 14.1. The van der Waals surface area contributed by atoms with Gasteiger partial charge in [0.1, 0.15) is 17.7 Å². The van der Waals surface area contributed by atoms with Crippen LogP contribution < -0.4 is 0 Å². The Labute approximate surface area is 224 Å². The number of carboxylic acids is 1. The van der Waals surface area contributed by atoms with Crippen LogP contribution in [0, 0.1) is 45.3 Å². The van der Waals surface area contributed by atoms with Crippen LogP contribution in [0.1, 0.15) is 87.0 Å². The van der Waals surface area contributed by atoms with Crippen LogP contribution in [-0.4, -0.2) is 56.6 Å². The molecule has 8 heteroatoms. The second-order valence-electron chi connectivity index (χ2n) is 13.8. The number of hydrogen-bond donors (Lipinski definition) is 3. The molecule has 0 bridgehead atoms. The van der Waals surface area contributed by atoms with Crippen LogP contribution in [0.5, 0.6) is 0 Å². The zero-order valence-electron chi connectivity index (χ0n) is 23.6. The molecule has 4 aliphatic carbocycles. The summed E-state index contributed by atoms with van der Waals surface area (Å²) < 4.78 is 0. The minimum absolute atomic E-state index is 0.0217. The largest absolute Gasteiger partial charge is 0.481 e. The van der Waals surface area contributed by atoms with Gasteiger partial charge < -0.3 is 15.3 Å². The Morgan fingerprint density at radius 1 is 0.947 bits per heavy atom. The van der Waals surface area contributed by atoms with Crippen LogP contribution in [0.25, 0.3) is 0 Å². The summed E-state index contributed by atoms with van der Waals surface area (Å²) in [7, 11) is 0. The highest BCUT2D eigenvalue weighted by Gasteiger charge is 2.73. The quantitative estimate of drug-likeness (QED) is 0.474. The predicted molar refractivity (Wildman–Crippen MR) is 138 cm³/mol. The molecule has 2 saturated carbocycles. The molecule has 0 aliphatic heterocycles. The Balaban J connectivity index is 1.80. The zero-order valence-corrected chi connectivity index (χ0v) is 23.6. The monoisotopic (exact) mass is 530 g/mol. The van der Waals surface area contributed by atoms with Gasteiger partial charge >= 0.3 is 5.97 Å². The number of aliphatic hydroxyl groups is 2. The summed E-state index contributed by atoms with van der Waals surface area (Å²) >= 11 is 0. The summed E-state index contributed by atoms with van der Waals surface area (Å²) in [5.74, 6) is -4.41. The summed E-state index contributed by atoms with van der Waals surface area (Å²) in [4.78, 5) is 65.8. The van der Waals surface area contributed by atoms with Crippen molar-refractivity contribution >= 4 is 29.1 Å². The van der Waals surface area contributed by atoms with Gasteiger partial charge in [-0.3, -0.25) is 24.0 Å². The zero-order chi connectivity index (χ0) is 28.7. The van der Waals surface area contributed by atoms with E-state index < -0.39 is 63.4 Å². The van der Waals surface area contributed by atoms with Gasteiger partial charge in [0.2, 0.25) is 0 Å². The molecular formula is C30H42O8.